The van der Waals surface area contributed by atoms with E-state index in [0.29, 0.717) is 17.1 Å². The standard InChI is InChI=1S/C19H16BrN3O3/c1-26-17-8-3-2-7-15(17)16-10-19(25)23(12-21-16)11-18(24)22-14-6-4-5-13(20)9-14/h2-10,12H,11H2,1H3,(H,22,24). The van der Waals surface area contributed by atoms with Crippen LogP contribution in [0.4, 0.5) is 5.69 Å². The van der Waals surface area contributed by atoms with Crippen LogP contribution in [0.15, 0.2) is 70.2 Å². The van der Waals surface area contributed by atoms with Crippen molar-refractivity contribution >= 4 is 27.5 Å². The Hall–Kier alpha value is -2.93. The number of hydrogen-bond acceptors (Lipinski definition) is 4. The lowest BCUT2D eigenvalue weighted by Gasteiger charge is -2.10. The number of carbonyl (C=O) groups is 1. The Morgan fingerprint density at radius 2 is 2.00 bits per heavy atom. The van der Waals surface area contributed by atoms with Crippen LogP contribution in [0.5, 0.6) is 5.75 Å². The van der Waals surface area contributed by atoms with Crippen LogP contribution in [-0.2, 0) is 11.3 Å². The van der Waals surface area contributed by atoms with Gasteiger partial charge in [-0.2, -0.15) is 0 Å². The van der Waals surface area contributed by atoms with E-state index >= 15 is 0 Å². The molecule has 0 aliphatic rings. The molecular weight excluding hydrogens is 398 g/mol. The van der Waals surface area contributed by atoms with Crippen LogP contribution < -0.4 is 15.6 Å². The Morgan fingerprint density at radius 1 is 1.19 bits per heavy atom. The highest BCUT2D eigenvalue weighted by Gasteiger charge is 2.10. The number of carbonyl (C=O) groups excluding carboxylic acids is 1. The zero-order valence-corrected chi connectivity index (χ0v) is 15.6. The van der Waals surface area contributed by atoms with E-state index in [9.17, 15) is 9.59 Å². The molecule has 7 heteroatoms. The maximum Gasteiger partial charge on any atom is 0.254 e. The van der Waals surface area contributed by atoms with Crippen LogP contribution in [0.3, 0.4) is 0 Å². The Kier molecular flexibility index (Phi) is 5.48. The number of halogens is 1. The SMILES string of the molecule is COc1ccccc1-c1cc(=O)n(CC(=O)Nc2cccc(Br)c2)cn1. The average Bonchev–Trinajstić information content (AvgIpc) is 2.63. The van der Waals surface area contributed by atoms with E-state index in [-0.39, 0.29) is 18.0 Å². The predicted molar refractivity (Wildman–Crippen MR) is 103 cm³/mol. The Labute approximate surface area is 158 Å². The second kappa shape index (κ2) is 7.97. The van der Waals surface area contributed by atoms with Gasteiger partial charge in [0.1, 0.15) is 12.3 Å². The van der Waals surface area contributed by atoms with E-state index < -0.39 is 0 Å². The van der Waals surface area contributed by atoms with Crippen LogP contribution in [0, 0.1) is 0 Å². The first-order valence-corrected chi connectivity index (χ1v) is 8.61. The van der Waals surface area contributed by atoms with Gasteiger partial charge in [-0.05, 0) is 30.3 Å². The van der Waals surface area contributed by atoms with Crippen molar-refractivity contribution in [2.24, 2.45) is 0 Å². The Morgan fingerprint density at radius 3 is 2.73 bits per heavy atom. The fourth-order valence-electron chi connectivity index (χ4n) is 2.47. The van der Waals surface area contributed by atoms with Crippen LogP contribution in [0.25, 0.3) is 11.3 Å². The lowest BCUT2D eigenvalue weighted by Crippen LogP contribution is -2.27. The first-order chi connectivity index (χ1) is 12.6. The average molecular weight is 414 g/mol. The topological polar surface area (TPSA) is 73.2 Å². The van der Waals surface area contributed by atoms with Crippen LogP contribution >= 0.6 is 15.9 Å². The van der Waals surface area contributed by atoms with Crippen LogP contribution in [-0.4, -0.2) is 22.6 Å². The highest BCUT2D eigenvalue weighted by Crippen LogP contribution is 2.26. The van der Waals surface area contributed by atoms with Gasteiger partial charge in [0.2, 0.25) is 5.91 Å². The van der Waals surface area contributed by atoms with Gasteiger partial charge in [0.05, 0.1) is 19.1 Å². The van der Waals surface area contributed by atoms with Crippen molar-refractivity contribution in [3.8, 4) is 17.0 Å². The summed E-state index contributed by atoms with van der Waals surface area (Å²) in [4.78, 5) is 28.8. The molecule has 132 valence electrons. The zero-order valence-electron chi connectivity index (χ0n) is 14.0. The molecule has 0 fully saturated rings. The van der Waals surface area contributed by atoms with Crippen molar-refractivity contribution in [1.82, 2.24) is 9.55 Å². The lowest BCUT2D eigenvalue weighted by molar-refractivity contribution is -0.116. The normalized spacial score (nSPS) is 10.4. The summed E-state index contributed by atoms with van der Waals surface area (Å²) < 4.78 is 7.41. The Balaban J connectivity index is 1.78. The number of nitrogens with one attached hydrogen (secondary N) is 1. The van der Waals surface area contributed by atoms with Crippen LogP contribution in [0.2, 0.25) is 0 Å². The molecule has 3 rings (SSSR count). The van der Waals surface area contributed by atoms with E-state index in [1.165, 1.54) is 17.0 Å². The maximum atomic E-state index is 12.3. The first kappa shape index (κ1) is 17.9. The van der Waals surface area contributed by atoms with Gasteiger partial charge in [0, 0.05) is 21.8 Å². The molecule has 0 saturated carbocycles. The zero-order chi connectivity index (χ0) is 18.5. The summed E-state index contributed by atoms with van der Waals surface area (Å²) in [6, 6.07) is 15.9. The monoisotopic (exact) mass is 413 g/mol. The van der Waals surface area contributed by atoms with Gasteiger partial charge < -0.3 is 10.1 Å². The van der Waals surface area contributed by atoms with E-state index in [2.05, 4.69) is 26.2 Å². The number of amides is 1. The van der Waals surface area contributed by atoms with E-state index in [0.717, 1.165) is 10.0 Å². The number of ether oxygens (including phenoxy) is 1. The molecule has 0 atom stereocenters. The van der Waals surface area contributed by atoms with Crippen molar-refractivity contribution in [3.63, 3.8) is 0 Å². The largest absolute Gasteiger partial charge is 0.496 e. The Bertz CT molecular complexity index is 1000. The molecule has 6 nitrogen and oxygen atoms in total. The molecule has 1 amide bonds. The van der Waals surface area contributed by atoms with Crippen molar-refractivity contribution in [2.45, 2.75) is 6.54 Å². The van der Waals surface area contributed by atoms with E-state index in [4.69, 9.17) is 4.74 Å². The molecule has 0 radical (unpaired) electrons. The number of methoxy groups -OCH3 is 1. The molecule has 1 N–H and O–H groups in total. The molecule has 0 saturated heterocycles. The number of benzene rings is 2. The number of nitrogens with zero attached hydrogens (tertiary/aromatic N) is 2. The minimum Gasteiger partial charge on any atom is -0.496 e. The molecule has 2 aromatic carbocycles. The number of para-hydroxylation sites is 1. The van der Waals surface area contributed by atoms with Crippen molar-refractivity contribution in [2.75, 3.05) is 12.4 Å². The molecule has 1 heterocycles. The van der Waals surface area contributed by atoms with Gasteiger partial charge >= 0.3 is 0 Å². The lowest BCUT2D eigenvalue weighted by atomic mass is 10.1. The number of hydrogen-bond donors (Lipinski definition) is 1. The quantitative estimate of drug-likeness (QED) is 0.695. The smallest absolute Gasteiger partial charge is 0.254 e. The summed E-state index contributed by atoms with van der Waals surface area (Å²) in [6.45, 7) is -0.120. The molecule has 0 spiro atoms. The number of aromatic nitrogens is 2. The summed E-state index contributed by atoms with van der Waals surface area (Å²) in [7, 11) is 1.56. The van der Waals surface area contributed by atoms with E-state index in [1.807, 2.05) is 30.3 Å². The van der Waals surface area contributed by atoms with Gasteiger partial charge in [-0.15, -0.1) is 0 Å². The van der Waals surface area contributed by atoms with Gasteiger partial charge in [-0.1, -0.05) is 34.1 Å². The third-order valence-corrected chi connectivity index (χ3v) is 4.18. The first-order valence-electron chi connectivity index (χ1n) is 7.82. The van der Waals surface area contributed by atoms with E-state index in [1.54, 1.807) is 25.3 Å². The fraction of sp³-hybridized carbons (Fsp3) is 0.105. The summed E-state index contributed by atoms with van der Waals surface area (Å²) >= 11 is 3.35. The maximum absolute atomic E-state index is 12.3. The summed E-state index contributed by atoms with van der Waals surface area (Å²) in [5, 5.41) is 2.75. The van der Waals surface area contributed by atoms with Crippen molar-refractivity contribution < 1.29 is 9.53 Å². The number of anilines is 1. The molecule has 1 aromatic heterocycles. The number of rotatable bonds is 5. The van der Waals surface area contributed by atoms with Crippen molar-refractivity contribution in [1.29, 1.82) is 0 Å². The summed E-state index contributed by atoms with van der Waals surface area (Å²) in [5.74, 6) is 0.321. The molecule has 0 unspecified atom stereocenters. The molecule has 26 heavy (non-hydrogen) atoms. The molecular formula is C19H16BrN3O3. The second-order valence-electron chi connectivity index (χ2n) is 5.50. The predicted octanol–water partition coefficient (Wildman–Crippen LogP) is 3.32. The molecule has 0 aliphatic heterocycles. The third-order valence-electron chi connectivity index (χ3n) is 3.68. The van der Waals surface area contributed by atoms with Gasteiger partial charge in [0.25, 0.3) is 5.56 Å². The molecule has 3 aromatic rings. The summed E-state index contributed by atoms with van der Waals surface area (Å²) in [6.07, 6.45) is 1.37. The third kappa shape index (κ3) is 4.18. The van der Waals surface area contributed by atoms with Gasteiger partial charge in [-0.25, -0.2) is 4.98 Å². The molecule has 0 aliphatic carbocycles. The fourth-order valence-corrected chi connectivity index (χ4v) is 2.87. The minimum absolute atomic E-state index is 0.120. The van der Waals surface area contributed by atoms with Gasteiger partial charge in [-0.3, -0.25) is 14.2 Å². The minimum atomic E-state index is -0.315. The van der Waals surface area contributed by atoms with Gasteiger partial charge in [0.15, 0.2) is 0 Å². The second-order valence-corrected chi connectivity index (χ2v) is 6.41. The van der Waals surface area contributed by atoms with Crippen molar-refractivity contribution in [3.05, 3.63) is 75.8 Å². The summed E-state index contributed by atoms with van der Waals surface area (Å²) in [5.41, 5.74) is 1.55. The highest BCUT2D eigenvalue weighted by molar-refractivity contribution is 9.10. The molecule has 0 bridgehead atoms. The highest BCUT2D eigenvalue weighted by atomic mass is 79.9. The van der Waals surface area contributed by atoms with Crippen LogP contribution in [0.1, 0.15) is 0 Å².